The average Bonchev–Trinajstić information content (AvgIpc) is 3.05. The molecule has 1 aromatic rings. The van der Waals surface area contributed by atoms with Crippen molar-refractivity contribution in [2.24, 2.45) is 0 Å². The topological polar surface area (TPSA) is 86.7 Å². The van der Waals surface area contributed by atoms with Crippen molar-refractivity contribution in [3.05, 3.63) is 35.9 Å². The number of hydrogen-bond donors (Lipinski definition) is 2. The van der Waals surface area contributed by atoms with Crippen LogP contribution < -0.4 is 5.32 Å². The normalized spacial score (nSPS) is 18.2. The molecule has 0 saturated carbocycles. The van der Waals surface area contributed by atoms with Crippen LogP contribution in [0, 0.1) is 0 Å². The number of carbonyl (C=O) groups is 3. The number of rotatable bonds is 7. The van der Waals surface area contributed by atoms with Crippen LogP contribution in [-0.2, 0) is 20.8 Å². The second-order valence-corrected chi connectivity index (χ2v) is 6.16. The highest BCUT2D eigenvalue weighted by molar-refractivity contribution is 5.90. The molecule has 0 radical (unpaired) electrons. The van der Waals surface area contributed by atoms with Crippen molar-refractivity contribution in [2.45, 2.75) is 51.1 Å². The molecule has 2 amide bonds. The smallest absolute Gasteiger partial charge is 0.326 e. The standard InChI is InChI=1S/C18H24N2O4/c1-13(17(22)20-12-6-10-15(20)18(23)24)19-16(21)11-5-9-14-7-3-2-4-8-14/h2-4,7-8,13,15H,5-6,9-12H2,1H3,(H,19,21)(H,23,24)/t13?,15-/m0/s1. The zero-order valence-corrected chi connectivity index (χ0v) is 13.9. The molecule has 2 rings (SSSR count). The number of aryl methyl sites for hydroxylation is 1. The lowest BCUT2D eigenvalue weighted by Crippen LogP contribution is -2.50. The van der Waals surface area contributed by atoms with Crippen molar-refractivity contribution < 1.29 is 19.5 Å². The number of carbonyl (C=O) groups excluding carboxylic acids is 2. The number of carboxylic acids is 1. The quantitative estimate of drug-likeness (QED) is 0.794. The van der Waals surface area contributed by atoms with Gasteiger partial charge >= 0.3 is 5.97 Å². The maximum Gasteiger partial charge on any atom is 0.326 e. The van der Waals surface area contributed by atoms with Crippen LogP contribution in [0.4, 0.5) is 0 Å². The summed E-state index contributed by atoms with van der Waals surface area (Å²) in [5.74, 6) is -1.49. The molecule has 2 atom stereocenters. The minimum Gasteiger partial charge on any atom is -0.480 e. The van der Waals surface area contributed by atoms with Gasteiger partial charge in [0.25, 0.3) is 0 Å². The van der Waals surface area contributed by atoms with Crippen molar-refractivity contribution in [1.29, 1.82) is 0 Å². The molecule has 24 heavy (non-hydrogen) atoms. The SMILES string of the molecule is CC(NC(=O)CCCc1ccccc1)C(=O)N1CCC[C@H]1C(=O)O. The molecule has 1 aliphatic rings. The van der Waals surface area contributed by atoms with Crippen molar-refractivity contribution in [3.63, 3.8) is 0 Å². The van der Waals surface area contributed by atoms with E-state index >= 15 is 0 Å². The monoisotopic (exact) mass is 332 g/mol. The summed E-state index contributed by atoms with van der Waals surface area (Å²) in [5, 5.41) is 11.8. The van der Waals surface area contributed by atoms with Crippen LogP contribution in [0.1, 0.15) is 38.2 Å². The highest BCUT2D eigenvalue weighted by Gasteiger charge is 2.36. The summed E-state index contributed by atoms with van der Waals surface area (Å²) in [7, 11) is 0. The summed E-state index contributed by atoms with van der Waals surface area (Å²) in [6.07, 6.45) is 3.01. The Labute approximate surface area is 141 Å². The molecule has 0 aromatic heterocycles. The summed E-state index contributed by atoms with van der Waals surface area (Å²) < 4.78 is 0. The van der Waals surface area contributed by atoms with E-state index in [1.165, 1.54) is 10.5 Å². The maximum atomic E-state index is 12.3. The van der Waals surface area contributed by atoms with E-state index in [1.54, 1.807) is 6.92 Å². The van der Waals surface area contributed by atoms with Gasteiger partial charge in [0.1, 0.15) is 12.1 Å². The molecule has 2 N–H and O–H groups in total. The Balaban J connectivity index is 1.76. The van der Waals surface area contributed by atoms with Crippen molar-refractivity contribution >= 4 is 17.8 Å². The van der Waals surface area contributed by atoms with Crippen LogP contribution >= 0.6 is 0 Å². The predicted molar refractivity (Wildman–Crippen MR) is 89.4 cm³/mol. The molecule has 0 bridgehead atoms. The van der Waals surface area contributed by atoms with Gasteiger partial charge in [-0.2, -0.15) is 0 Å². The molecule has 1 unspecified atom stereocenters. The van der Waals surface area contributed by atoms with Crippen LogP contribution in [0.2, 0.25) is 0 Å². The van der Waals surface area contributed by atoms with Gasteiger partial charge in [-0.15, -0.1) is 0 Å². The predicted octanol–water partition coefficient (Wildman–Crippen LogP) is 1.59. The van der Waals surface area contributed by atoms with E-state index in [0.717, 1.165) is 6.42 Å². The third kappa shape index (κ3) is 4.81. The number of hydrogen-bond acceptors (Lipinski definition) is 3. The van der Waals surface area contributed by atoms with Gasteiger partial charge < -0.3 is 15.3 Å². The zero-order chi connectivity index (χ0) is 17.5. The third-order valence-electron chi connectivity index (χ3n) is 4.28. The van der Waals surface area contributed by atoms with Crippen LogP contribution in [-0.4, -0.2) is 46.4 Å². The number of likely N-dealkylation sites (tertiary alicyclic amines) is 1. The van der Waals surface area contributed by atoms with E-state index in [4.69, 9.17) is 5.11 Å². The van der Waals surface area contributed by atoms with Gasteiger partial charge in [0.15, 0.2) is 0 Å². The first-order chi connectivity index (χ1) is 11.5. The second kappa shape index (κ2) is 8.47. The molecular formula is C18H24N2O4. The number of nitrogens with one attached hydrogen (secondary N) is 1. The van der Waals surface area contributed by atoms with Gasteiger partial charge in [0, 0.05) is 13.0 Å². The summed E-state index contributed by atoms with van der Waals surface area (Å²) in [5.41, 5.74) is 1.18. The molecular weight excluding hydrogens is 308 g/mol. The molecule has 1 aliphatic heterocycles. The minimum atomic E-state index is -0.984. The lowest BCUT2D eigenvalue weighted by atomic mass is 10.1. The van der Waals surface area contributed by atoms with Crippen LogP contribution in [0.5, 0.6) is 0 Å². The Kier molecular flexibility index (Phi) is 6.35. The fourth-order valence-corrected chi connectivity index (χ4v) is 3.01. The Bertz CT molecular complexity index is 588. The molecule has 1 aromatic carbocycles. The lowest BCUT2D eigenvalue weighted by molar-refractivity contribution is -0.149. The van der Waals surface area contributed by atoms with E-state index in [9.17, 15) is 14.4 Å². The van der Waals surface area contributed by atoms with Gasteiger partial charge in [-0.25, -0.2) is 4.79 Å². The number of aliphatic carboxylic acids is 1. The Hall–Kier alpha value is -2.37. The summed E-state index contributed by atoms with van der Waals surface area (Å²) in [4.78, 5) is 36.8. The average molecular weight is 332 g/mol. The first-order valence-electron chi connectivity index (χ1n) is 8.35. The van der Waals surface area contributed by atoms with Crippen molar-refractivity contribution in [2.75, 3.05) is 6.54 Å². The molecule has 1 heterocycles. The fourth-order valence-electron chi connectivity index (χ4n) is 3.01. The van der Waals surface area contributed by atoms with E-state index < -0.39 is 18.1 Å². The molecule has 6 heteroatoms. The van der Waals surface area contributed by atoms with Crippen LogP contribution in [0.15, 0.2) is 30.3 Å². The first kappa shape index (κ1) is 18.0. The molecule has 0 spiro atoms. The maximum absolute atomic E-state index is 12.3. The molecule has 1 fully saturated rings. The minimum absolute atomic E-state index is 0.183. The van der Waals surface area contributed by atoms with E-state index in [2.05, 4.69) is 5.32 Å². The third-order valence-corrected chi connectivity index (χ3v) is 4.28. The first-order valence-corrected chi connectivity index (χ1v) is 8.35. The summed E-state index contributed by atoms with van der Waals surface area (Å²) in [6, 6.07) is 8.44. The number of nitrogens with zero attached hydrogens (tertiary/aromatic N) is 1. The van der Waals surface area contributed by atoms with Gasteiger partial charge in [-0.3, -0.25) is 9.59 Å². The Morgan fingerprint density at radius 1 is 1.29 bits per heavy atom. The molecule has 1 saturated heterocycles. The summed E-state index contributed by atoms with van der Waals surface area (Å²) >= 11 is 0. The highest BCUT2D eigenvalue weighted by Crippen LogP contribution is 2.18. The van der Waals surface area contributed by atoms with Gasteiger partial charge in [0.2, 0.25) is 11.8 Å². The lowest BCUT2D eigenvalue weighted by Gasteiger charge is -2.25. The largest absolute Gasteiger partial charge is 0.480 e. The van der Waals surface area contributed by atoms with Crippen molar-refractivity contribution in [1.82, 2.24) is 10.2 Å². The van der Waals surface area contributed by atoms with Crippen molar-refractivity contribution in [3.8, 4) is 0 Å². The molecule has 6 nitrogen and oxygen atoms in total. The van der Waals surface area contributed by atoms with E-state index in [-0.39, 0.29) is 11.8 Å². The summed E-state index contributed by atoms with van der Waals surface area (Å²) in [6.45, 7) is 2.04. The molecule has 130 valence electrons. The molecule has 0 aliphatic carbocycles. The number of benzene rings is 1. The number of carboxylic acid groups (broad SMARTS) is 1. The second-order valence-electron chi connectivity index (χ2n) is 6.16. The van der Waals surface area contributed by atoms with E-state index in [1.807, 2.05) is 30.3 Å². The zero-order valence-electron chi connectivity index (χ0n) is 13.9. The van der Waals surface area contributed by atoms with E-state index in [0.29, 0.717) is 32.2 Å². The Morgan fingerprint density at radius 3 is 2.67 bits per heavy atom. The van der Waals surface area contributed by atoms with Crippen LogP contribution in [0.25, 0.3) is 0 Å². The Morgan fingerprint density at radius 2 is 2.00 bits per heavy atom. The number of amides is 2. The fraction of sp³-hybridized carbons (Fsp3) is 0.500. The van der Waals surface area contributed by atoms with Crippen LogP contribution in [0.3, 0.4) is 0 Å². The van der Waals surface area contributed by atoms with Gasteiger partial charge in [-0.05, 0) is 38.2 Å². The highest BCUT2D eigenvalue weighted by atomic mass is 16.4. The van der Waals surface area contributed by atoms with Gasteiger partial charge in [0.05, 0.1) is 0 Å². The van der Waals surface area contributed by atoms with Gasteiger partial charge in [-0.1, -0.05) is 30.3 Å².